The van der Waals surface area contributed by atoms with E-state index in [1.807, 2.05) is 0 Å². The second-order valence-corrected chi connectivity index (χ2v) is 6.99. The Kier molecular flexibility index (Phi) is 3.92. The van der Waals surface area contributed by atoms with Crippen LogP contribution in [0.4, 0.5) is 11.4 Å². The number of rotatable bonds is 2. The van der Waals surface area contributed by atoms with Crippen molar-refractivity contribution >= 4 is 27.3 Å². The summed E-state index contributed by atoms with van der Waals surface area (Å²) >= 11 is 3.44. The molecule has 0 aromatic heterocycles. The molecular formula is C15H19BrN2O3. The van der Waals surface area contributed by atoms with Crippen LogP contribution in [0.5, 0.6) is 0 Å². The summed E-state index contributed by atoms with van der Waals surface area (Å²) in [6.07, 6.45) is 5.06. The lowest BCUT2D eigenvalue weighted by Crippen LogP contribution is -2.53. The molecule has 0 radical (unpaired) electrons. The Labute approximate surface area is 132 Å². The molecule has 1 aromatic rings. The van der Waals surface area contributed by atoms with Crippen molar-refractivity contribution in [2.75, 3.05) is 18.0 Å². The second kappa shape index (κ2) is 5.57. The molecule has 1 aliphatic heterocycles. The highest BCUT2D eigenvalue weighted by atomic mass is 79.9. The number of piperidine rings is 1. The fraction of sp³-hybridized carbons (Fsp3) is 0.600. The van der Waals surface area contributed by atoms with Gasteiger partial charge in [0.2, 0.25) is 0 Å². The predicted molar refractivity (Wildman–Crippen MR) is 84.5 cm³/mol. The number of fused-ring (bicyclic) bond motifs is 1. The van der Waals surface area contributed by atoms with E-state index in [-0.39, 0.29) is 10.6 Å². The van der Waals surface area contributed by atoms with Crippen molar-refractivity contribution < 1.29 is 10.0 Å². The minimum Gasteiger partial charge on any atom is -0.389 e. The van der Waals surface area contributed by atoms with Gasteiger partial charge in [0.1, 0.15) is 0 Å². The molecule has 114 valence electrons. The third kappa shape index (κ3) is 2.79. The van der Waals surface area contributed by atoms with Crippen LogP contribution in [0.3, 0.4) is 0 Å². The van der Waals surface area contributed by atoms with Crippen LogP contribution in [0.1, 0.15) is 32.1 Å². The molecule has 0 bridgehead atoms. The fourth-order valence-electron chi connectivity index (χ4n) is 3.66. The van der Waals surface area contributed by atoms with Crippen LogP contribution in [0.25, 0.3) is 0 Å². The Bertz CT molecular complexity index is 566. The normalized spacial score (nSPS) is 29.0. The summed E-state index contributed by atoms with van der Waals surface area (Å²) in [5, 5.41) is 21.5. The molecule has 1 saturated heterocycles. The zero-order chi connectivity index (χ0) is 15.0. The first-order chi connectivity index (χ1) is 9.99. The van der Waals surface area contributed by atoms with Crippen molar-refractivity contribution in [1.29, 1.82) is 0 Å². The number of halogens is 1. The van der Waals surface area contributed by atoms with E-state index in [2.05, 4.69) is 20.8 Å². The van der Waals surface area contributed by atoms with Gasteiger partial charge in [-0.3, -0.25) is 10.1 Å². The summed E-state index contributed by atoms with van der Waals surface area (Å²) in [7, 11) is 0. The lowest BCUT2D eigenvalue weighted by Gasteiger charge is -2.48. The Balaban J connectivity index is 1.81. The number of benzene rings is 1. The first-order valence-corrected chi connectivity index (χ1v) is 8.20. The number of nitro groups is 1. The molecule has 3 rings (SSSR count). The predicted octanol–water partition coefficient (Wildman–Crippen LogP) is 3.49. The topological polar surface area (TPSA) is 66.6 Å². The Morgan fingerprint density at radius 3 is 2.90 bits per heavy atom. The minimum absolute atomic E-state index is 0.0943. The van der Waals surface area contributed by atoms with E-state index in [0.29, 0.717) is 5.92 Å². The van der Waals surface area contributed by atoms with Gasteiger partial charge in [-0.05, 0) is 41.3 Å². The summed E-state index contributed by atoms with van der Waals surface area (Å²) < 4.78 is 0.748. The van der Waals surface area contributed by atoms with Gasteiger partial charge < -0.3 is 10.0 Å². The van der Waals surface area contributed by atoms with Gasteiger partial charge in [0.25, 0.3) is 5.69 Å². The maximum atomic E-state index is 10.8. The van der Waals surface area contributed by atoms with Gasteiger partial charge in [0.05, 0.1) is 16.2 Å². The fourth-order valence-corrected chi connectivity index (χ4v) is 4.27. The number of nitrogens with zero attached hydrogens (tertiary/aromatic N) is 2. The van der Waals surface area contributed by atoms with Gasteiger partial charge in [-0.25, -0.2) is 0 Å². The van der Waals surface area contributed by atoms with Crippen LogP contribution in [-0.4, -0.2) is 28.7 Å². The van der Waals surface area contributed by atoms with Crippen molar-refractivity contribution in [1.82, 2.24) is 0 Å². The molecular weight excluding hydrogens is 336 g/mol. The van der Waals surface area contributed by atoms with Crippen LogP contribution in [0.2, 0.25) is 0 Å². The first-order valence-electron chi connectivity index (χ1n) is 7.41. The van der Waals surface area contributed by atoms with E-state index in [1.54, 1.807) is 18.2 Å². The zero-order valence-electron chi connectivity index (χ0n) is 11.8. The van der Waals surface area contributed by atoms with E-state index in [4.69, 9.17) is 0 Å². The van der Waals surface area contributed by atoms with E-state index in [1.165, 1.54) is 6.42 Å². The van der Waals surface area contributed by atoms with Crippen LogP contribution in [-0.2, 0) is 0 Å². The largest absolute Gasteiger partial charge is 0.389 e. The molecule has 1 aromatic carbocycles. The lowest BCUT2D eigenvalue weighted by atomic mass is 9.71. The third-order valence-corrected chi connectivity index (χ3v) is 5.55. The van der Waals surface area contributed by atoms with Crippen LogP contribution in [0.15, 0.2) is 22.7 Å². The number of non-ortho nitro benzene ring substituents is 1. The molecule has 1 aliphatic carbocycles. The number of hydrogen-bond acceptors (Lipinski definition) is 4. The van der Waals surface area contributed by atoms with Crippen molar-refractivity contribution in [2.24, 2.45) is 5.92 Å². The molecule has 2 unspecified atom stereocenters. The molecule has 1 N–H and O–H groups in total. The van der Waals surface area contributed by atoms with Crippen molar-refractivity contribution in [3.8, 4) is 0 Å². The smallest absolute Gasteiger partial charge is 0.270 e. The molecule has 5 nitrogen and oxygen atoms in total. The van der Waals surface area contributed by atoms with E-state index >= 15 is 0 Å². The highest BCUT2D eigenvalue weighted by molar-refractivity contribution is 9.10. The zero-order valence-corrected chi connectivity index (χ0v) is 13.4. The Morgan fingerprint density at radius 1 is 1.38 bits per heavy atom. The Hall–Kier alpha value is -1.14. The molecule has 1 heterocycles. The van der Waals surface area contributed by atoms with Gasteiger partial charge >= 0.3 is 0 Å². The molecule has 2 fully saturated rings. The minimum atomic E-state index is -0.498. The number of nitro benzene ring substituents is 1. The average Bonchev–Trinajstić information content (AvgIpc) is 2.46. The van der Waals surface area contributed by atoms with Crippen LogP contribution < -0.4 is 4.90 Å². The van der Waals surface area contributed by atoms with E-state index in [0.717, 1.165) is 48.9 Å². The molecule has 21 heavy (non-hydrogen) atoms. The van der Waals surface area contributed by atoms with Crippen LogP contribution >= 0.6 is 15.9 Å². The highest BCUT2D eigenvalue weighted by Crippen LogP contribution is 2.42. The quantitative estimate of drug-likeness (QED) is 0.652. The Morgan fingerprint density at radius 2 is 2.19 bits per heavy atom. The maximum Gasteiger partial charge on any atom is 0.270 e. The lowest BCUT2D eigenvalue weighted by molar-refractivity contribution is -0.384. The van der Waals surface area contributed by atoms with Gasteiger partial charge in [-0.15, -0.1) is 0 Å². The summed E-state index contributed by atoms with van der Waals surface area (Å²) in [4.78, 5) is 12.7. The summed E-state index contributed by atoms with van der Waals surface area (Å²) in [6.45, 7) is 1.62. The standard InChI is InChI=1S/C15H19BrN2O3/c16-13-9-12(18(20)21)4-5-14(13)17-8-7-15(19)6-2-1-3-11(15)10-17/h4-5,9,11,19H,1-3,6-8,10H2. The van der Waals surface area contributed by atoms with Crippen LogP contribution in [0, 0.1) is 16.0 Å². The molecule has 1 saturated carbocycles. The summed E-state index contributed by atoms with van der Waals surface area (Å²) in [5.41, 5.74) is 0.576. The van der Waals surface area contributed by atoms with Crippen molar-refractivity contribution in [3.63, 3.8) is 0 Å². The van der Waals surface area contributed by atoms with Gasteiger partial charge in [0, 0.05) is 35.6 Å². The SMILES string of the molecule is O=[N+]([O-])c1ccc(N2CCC3(O)CCCCC3C2)c(Br)c1. The highest BCUT2D eigenvalue weighted by Gasteiger charge is 2.43. The third-order valence-electron chi connectivity index (χ3n) is 4.91. The average molecular weight is 355 g/mol. The number of aliphatic hydroxyl groups is 1. The van der Waals surface area contributed by atoms with E-state index < -0.39 is 5.60 Å². The van der Waals surface area contributed by atoms with Gasteiger partial charge in [0.15, 0.2) is 0 Å². The monoisotopic (exact) mass is 354 g/mol. The van der Waals surface area contributed by atoms with Gasteiger partial charge in [-0.2, -0.15) is 0 Å². The molecule has 0 spiro atoms. The van der Waals surface area contributed by atoms with Crippen molar-refractivity contribution in [3.05, 3.63) is 32.8 Å². The first kappa shape index (κ1) is 14.8. The molecule has 6 heteroatoms. The number of anilines is 1. The van der Waals surface area contributed by atoms with Gasteiger partial charge in [-0.1, -0.05) is 12.8 Å². The number of hydrogen-bond donors (Lipinski definition) is 1. The molecule has 2 aliphatic rings. The second-order valence-electron chi connectivity index (χ2n) is 6.14. The van der Waals surface area contributed by atoms with E-state index in [9.17, 15) is 15.2 Å². The molecule has 0 amide bonds. The molecule has 2 atom stereocenters. The summed E-state index contributed by atoms with van der Waals surface area (Å²) in [5.74, 6) is 0.307. The maximum absolute atomic E-state index is 10.8. The summed E-state index contributed by atoms with van der Waals surface area (Å²) in [6, 6.07) is 4.90. The van der Waals surface area contributed by atoms with Crippen molar-refractivity contribution in [2.45, 2.75) is 37.7 Å².